The Hall–Kier alpha value is -2.47. The normalized spacial score (nSPS) is 11.0. The van der Waals surface area contributed by atoms with Crippen molar-refractivity contribution in [1.29, 1.82) is 0 Å². The van der Waals surface area contributed by atoms with Crippen molar-refractivity contribution in [3.8, 4) is 0 Å². The second kappa shape index (κ2) is 8.09. The summed E-state index contributed by atoms with van der Waals surface area (Å²) in [4.78, 5) is 8.82. The van der Waals surface area contributed by atoms with Crippen molar-refractivity contribution < 1.29 is 0 Å². The average molecular weight is 313 g/mol. The third kappa shape index (κ3) is 5.14. The van der Waals surface area contributed by atoms with Crippen LogP contribution in [0.25, 0.3) is 0 Å². The van der Waals surface area contributed by atoms with Gasteiger partial charge in [0.1, 0.15) is 0 Å². The smallest absolute Gasteiger partial charge is 0.198 e. The lowest BCUT2D eigenvalue weighted by Crippen LogP contribution is -2.43. The molecule has 4 N–H and O–H groups in total. The molecular weight excluding hydrogens is 294 g/mol. The number of rotatable bonds is 4. The Labute approximate surface area is 135 Å². The zero-order valence-corrected chi connectivity index (χ0v) is 13.2. The predicted octanol–water partition coefficient (Wildman–Crippen LogP) is 1.87. The van der Waals surface area contributed by atoms with Gasteiger partial charge in [0.2, 0.25) is 0 Å². The van der Waals surface area contributed by atoms with Gasteiger partial charge in [0.25, 0.3) is 0 Å². The van der Waals surface area contributed by atoms with Crippen LogP contribution in [0, 0.1) is 6.92 Å². The first-order chi connectivity index (χ1) is 10.6. The summed E-state index contributed by atoms with van der Waals surface area (Å²) in [5.74, 6) is 0.543. The maximum Gasteiger partial charge on any atom is 0.198 e. The van der Waals surface area contributed by atoms with Crippen molar-refractivity contribution in [3.63, 3.8) is 0 Å². The molecule has 0 amide bonds. The van der Waals surface area contributed by atoms with Crippen LogP contribution in [0.3, 0.4) is 0 Å². The Kier molecular flexibility index (Phi) is 5.85. The molecule has 0 aliphatic rings. The Morgan fingerprint density at radius 3 is 2.68 bits per heavy atom. The molecule has 0 atom stereocenters. The summed E-state index contributed by atoms with van der Waals surface area (Å²) in [6, 6.07) is 13.9. The number of guanidine groups is 1. The lowest BCUT2D eigenvalue weighted by atomic mass is 10.2. The summed E-state index contributed by atoms with van der Waals surface area (Å²) in [5.41, 5.74) is 8.73. The van der Waals surface area contributed by atoms with Crippen LogP contribution < -0.4 is 16.4 Å². The van der Waals surface area contributed by atoms with Gasteiger partial charge in [-0.15, -0.1) is 0 Å². The van der Waals surface area contributed by atoms with E-state index in [4.69, 9.17) is 18.0 Å². The molecule has 0 spiro atoms. The van der Waals surface area contributed by atoms with Crippen LogP contribution in [-0.4, -0.2) is 16.1 Å². The zero-order valence-electron chi connectivity index (χ0n) is 12.4. The molecule has 0 aliphatic heterocycles. The van der Waals surface area contributed by atoms with Crippen molar-refractivity contribution in [2.24, 2.45) is 10.7 Å². The number of nitrogens with one attached hydrogen (secondary N) is 2. The molecule has 2 aromatic rings. The minimum absolute atomic E-state index is 0.178. The van der Waals surface area contributed by atoms with E-state index in [9.17, 15) is 0 Å². The second-order valence-electron chi connectivity index (χ2n) is 4.76. The number of aromatic nitrogens is 1. The molecule has 22 heavy (non-hydrogen) atoms. The topological polar surface area (TPSA) is 75.3 Å². The van der Waals surface area contributed by atoms with Crippen molar-refractivity contribution in [2.45, 2.75) is 20.0 Å². The van der Waals surface area contributed by atoms with Gasteiger partial charge in [-0.2, -0.15) is 0 Å². The highest BCUT2D eigenvalue weighted by Gasteiger charge is 2.03. The van der Waals surface area contributed by atoms with Crippen LogP contribution >= 0.6 is 12.2 Å². The SMILES string of the molecule is Cc1cccnc1CNC(=NCc1ccccc1)NC(N)=S. The van der Waals surface area contributed by atoms with E-state index in [2.05, 4.69) is 20.6 Å². The summed E-state index contributed by atoms with van der Waals surface area (Å²) in [5, 5.41) is 6.23. The predicted molar refractivity (Wildman–Crippen MR) is 93.3 cm³/mol. The third-order valence-electron chi connectivity index (χ3n) is 3.05. The number of pyridine rings is 1. The first kappa shape index (κ1) is 15.9. The van der Waals surface area contributed by atoms with E-state index >= 15 is 0 Å². The van der Waals surface area contributed by atoms with Gasteiger partial charge in [0, 0.05) is 6.20 Å². The van der Waals surface area contributed by atoms with Gasteiger partial charge in [-0.25, -0.2) is 4.99 Å². The van der Waals surface area contributed by atoms with Crippen LogP contribution in [0.4, 0.5) is 0 Å². The van der Waals surface area contributed by atoms with Crippen molar-refractivity contribution in [2.75, 3.05) is 0 Å². The van der Waals surface area contributed by atoms with Crippen LogP contribution in [-0.2, 0) is 13.1 Å². The molecule has 1 aromatic heterocycles. The maximum absolute atomic E-state index is 5.55. The number of hydrogen-bond acceptors (Lipinski definition) is 3. The van der Waals surface area contributed by atoms with Gasteiger partial charge in [-0.05, 0) is 36.3 Å². The van der Waals surface area contributed by atoms with E-state index in [1.54, 1.807) is 6.20 Å². The van der Waals surface area contributed by atoms with E-state index in [0.29, 0.717) is 19.0 Å². The fourth-order valence-corrected chi connectivity index (χ4v) is 1.98. The first-order valence-electron chi connectivity index (χ1n) is 6.94. The quantitative estimate of drug-likeness (QED) is 0.456. The number of thiocarbonyl (C=S) groups is 1. The molecule has 6 heteroatoms. The summed E-state index contributed by atoms with van der Waals surface area (Å²) in [6.45, 7) is 3.11. The fraction of sp³-hybridized carbons (Fsp3) is 0.188. The molecule has 0 saturated carbocycles. The molecule has 0 saturated heterocycles. The minimum atomic E-state index is 0.178. The molecule has 2 rings (SSSR count). The molecule has 114 valence electrons. The van der Waals surface area contributed by atoms with Gasteiger partial charge in [-0.1, -0.05) is 36.4 Å². The summed E-state index contributed by atoms with van der Waals surface area (Å²) in [6.07, 6.45) is 1.77. The highest BCUT2D eigenvalue weighted by atomic mass is 32.1. The molecular formula is C16H19N5S. The van der Waals surface area contributed by atoms with Crippen molar-refractivity contribution >= 4 is 23.3 Å². The molecule has 0 fully saturated rings. The van der Waals surface area contributed by atoms with E-state index < -0.39 is 0 Å². The summed E-state index contributed by atoms with van der Waals surface area (Å²) < 4.78 is 0. The zero-order chi connectivity index (χ0) is 15.8. The molecule has 0 unspecified atom stereocenters. The number of nitrogens with two attached hydrogens (primary N) is 1. The lowest BCUT2D eigenvalue weighted by molar-refractivity contribution is 0.832. The molecule has 0 aliphatic carbocycles. The number of aryl methyl sites for hydroxylation is 1. The lowest BCUT2D eigenvalue weighted by Gasteiger charge is -2.12. The van der Waals surface area contributed by atoms with Crippen LogP contribution in [0.1, 0.15) is 16.8 Å². The number of benzene rings is 1. The molecule has 1 aromatic carbocycles. The fourth-order valence-electron chi connectivity index (χ4n) is 1.88. The standard InChI is InChI=1S/C16H19N5S/c1-12-6-5-9-18-14(12)11-20-16(21-15(17)22)19-10-13-7-3-2-4-8-13/h2-9H,10-11H2,1H3,(H4,17,19,20,21,22). The van der Waals surface area contributed by atoms with Crippen LogP contribution in [0.5, 0.6) is 0 Å². The molecule has 5 nitrogen and oxygen atoms in total. The average Bonchev–Trinajstić information content (AvgIpc) is 2.52. The number of hydrogen-bond donors (Lipinski definition) is 3. The van der Waals surface area contributed by atoms with Crippen molar-refractivity contribution in [3.05, 3.63) is 65.5 Å². The first-order valence-corrected chi connectivity index (χ1v) is 7.35. The Balaban J connectivity index is 2.03. The van der Waals surface area contributed by atoms with Gasteiger partial charge in [-0.3, -0.25) is 4.98 Å². The van der Waals surface area contributed by atoms with Crippen LogP contribution in [0.2, 0.25) is 0 Å². The Morgan fingerprint density at radius 1 is 1.23 bits per heavy atom. The van der Waals surface area contributed by atoms with E-state index in [1.807, 2.05) is 49.4 Å². The Morgan fingerprint density at radius 2 is 2.00 bits per heavy atom. The number of nitrogens with zero attached hydrogens (tertiary/aromatic N) is 2. The van der Waals surface area contributed by atoms with E-state index in [1.165, 1.54) is 0 Å². The van der Waals surface area contributed by atoms with Gasteiger partial charge in [0.15, 0.2) is 11.1 Å². The Bertz CT molecular complexity index is 655. The van der Waals surface area contributed by atoms with Gasteiger partial charge < -0.3 is 16.4 Å². The highest BCUT2D eigenvalue weighted by Crippen LogP contribution is 2.03. The third-order valence-corrected chi connectivity index (χ3v) is 3.15. The van der Waals surface area contributed by atoms with Gasteiger partial charge >= 0.3 is 0 Å². The minimum Gasteiger partial charge on any atom is -0.376 e. The number of aliphatic imine (C=N–C) groups is 1. The monoisotopic (exact) mass is 313 g/mol. The van der Waals surface area contributed by atoms with E-state index in [-0.39, 0.29) is 5.11 Å². The summed E-state index contributed by atoms with van der Waals surface area (Å²) in [7, 11) is 0. The summed E-state index contributed by atoms with van der Waals surface area (Å²) >= 11 is 4.89. The highest BCUT2D eigenvalue weighted by molar-refractivity contribution is 7.80. The molecule has 0 bridgehead atoms. The maximum atomic E-state index is 5.55. The van der Waals surface area contributed by atoms with E-state index in [0.717, 1.165) is 16.8 Å². The second-order valence-corrected chi connectivity index (χ2v) is 5.20. The van der Waals surface area contributed by atoms with Crippen molar-refractivity contribution in [1.82, 2.24) is 15.6 Å². The van der Waals surface area contributed by atoms with Crippen LogP contribution in [0.15, 0.2) is 53.7 Å². The molecule has 1 heterocycles. The van der Waals surface area contributed by atoms with Gasteiger partial charge in [0.05, 0.1) is 18.8 Å². The largest absolute Gasteiger partial charge is 0.376 e. The molecule has 0 radical (unpaired) electrons.